The quantitative estimate of drug-likeness (QED) is 0.0457. The summed E-state index contributed by atoms with van der Waals surface area (Å²) in [6, 6.07) is 20.7. The van der Waals surface area contributed by atoms with Crippen molar-refractivity contribution in [3.05, 3.63) is 133 Å². The maximum atomic E-state index is 13.6. The minimum Gasteiger partial charge on any atom is -1.00 e. The molecule has 2 saturated heterocycles. The monoisotopic (exact) mass is 1290 g/mol. The molecule has 27 heteroatoms. The second kappa shape index (κ2) is 34.2. The first-order valence-electron chi connectivity index (χ1n) is 26.6. The fourth-order valence-corrected chi connectivity index (χ4v) is 14.1. The molecule has 12 rings (SSSR count). The molecule has 1 N–H and O–H groups in total. The molecule has 3 aliphatic heterocycles. The second-order valence-electron chi connectivity index (χ2n) is 20.1. The molecule has 8 heterocycles. The molecule has 1 atom stereocenters. The van der Waals surface area contributed by atoms with Crippen molar-refractivity contribution in [2.75, 3.05) is 52.6 Å². The maximum Gasteiger partial charge on any atom is 1.00 e. The molecule has 2 aromatic carbocycles. The van der Waals surface area contributed by atoms with Crippen molar-refractivity contribution in [1.82, 2.24) is 37.9 Å². The first kappa shape index (κ1) is 72.6. The maximum absolute atomic E-state index is 13.6. The number of carbonyl (C=O) groups is 1. The van der Waals surface area contributed by atoms with Crippen LogP contribution in [0, 0.1) is 0 Å². The molecule has 4 fully saturated rings. The zero-order valence-electron chi connectivity index (χ0n) is 46.9. The fourth-order valence-electron chi connectivity index (χ4n) is 11.4. The molecule has 0 spiro atoms. The second-order valence-corrected chi connectivity index (χ2v) is 24.0. The van der Waals surface area contributed by atoms with Gasteiger partial charge < -0.3 is 21.0 Å². The first-order chi connectivity index (χ1) is 39.2. The van der Waals surface area contributed by atoms with Gasteiger partial charge in [-0.1, -0.05) is 62.9 Å². The number of nitrogens with one attached hydrogen (secondary N) is 1. The van der Waals surface area contributed by atoms with Crippen molar-refractivity contribution < 1.29 is 163 Å². The number of hydrogen-bond donors (Lipinski definition) is 1. The van der Waals surface area contributed by atoms with E-state index in [1.54, 1.807) is 67.3 Å². The smallest absolute Gasteiger partial charge is 1.00 e. The zero-order chi connectivity index (χ0) is 57.1. The Morgan fingerprint density at radius 2 is 1.08 bits per heavy atom. The Balaban J connectivity index is 0.000000312. The molecule has 5 aliphatic rings. The van der Waals surface area contributed by atoms with Crippen molar-refractivity contribution in [2.24, 2.45) is 4.99 Å². The van der Waals surface area contributed by atoms with Crippen LogP contribution in [-0.4, -0.2) is 150 Å². The Morgan fingerprint density at radius 3 is 1.46 bits per heavy atom. The molecule has 85 heavy (non-hydrogen) atoms. The number of alkyl halides is 5. The van der Waals surface area contributed by atoms with Gasteiger partial charge in [-0.25, -0.2) is 43.5 Å². The van der Waals surface area contributed by atoms with Gasteiger partial charge in [0.05, 0.1) is 42.4 Å². The summed E-state index contributed by atoms with van der Waals surface area (Å²) >= 11 is 3.94. The first-order valence-corrected chi connectivity index (χ1v) is 29.9. The Kier molecular flexibility index (Phi) is 29.2. The number of ether oxygens (including phenoxy) is 2. The average molecular weight is 1290 g/mol. The van der Waals surface area contributed by atoms with E-state index < -0.39 is 38.4 Å². The summed E-state index contributed by atoms with van der Waals surface area (Å²) in [7, 11) is -7.73. The number of H-pyrrole nitrogens is 1. The number of aromatic amines is 1. The molecule has 2 saturated carbocycles. The Bertz CT molecular complexity index is 3500. The molecule has 7 aromatic rings. The van der Waals surface area contributed by atoms with Crippen LogP contribution in [0.3, 0.4) is 0 Å². The number of benzene rings is 2. The van der Waals surface area contributed by atoms with Gasteiger partial charge in [0.2, 0.25) is 0 Å². The molecular formula is C58H70ClF4K2N9O9S2. The largest absolute Gasteiger partial charge is 1.00 e. The standard InChI is InChI=1S/C28H30F2N4O3S.C26H29N5O3S.CHClF2.CH2O3.2CH4.2K.H/c29-27(30)26-15-21(17-31-26)25-18-34(38(35,36)23-4-2-1-3-5-23)28-24(25)14-20(16-32-28)19-6-8-22(9-7-19)33-10-12-37-13-11-33;32-35(33,23-4-2-1-3-5-23)31-18-25(21-16-28-29-17-21)24-14-20(15-27-26(24)31)19-6-8-22(9-7-19)30-10-12-34-13-11-30;2-1(3)4;2-1-4-3;;;;;/h1-5,14-19,22,26-27H,6-13H2;1-5,14-19,22H,6-13H2,(H,28,29);1H;1,3H;2*1H4;;;/q;;;;;;2*+1;-1/p-1. The number of allylic oxidation sites excluding steroid dienone is 1. The van der Waals surface area contributed by atoms with Crippen LogP contribution in [-0.2, 0) is 39.2 Å². The van der Waals surface area contributed by atoms with Crippen molar-refractivity contribution in [2.45, 2.75) is 118 Å². The predicted molar refractivity (Wildman–Crippen MR) is 310 cm³/mol. The number of nitrogens with zero attached hydrogens (tertiary/aromatic N) is 8. The van der Waals surface area contributed by atoms with Gasteiger partial charge in [-0.05, 0) is 117 Å². The number of morpholine rings is 2. The SMILES string of the molecule is C.C.FC(F)Cl.O=CO[O-].O=S(=O)(c1ccccc1)n1cc(-c2cn[nH]c2)c2cc(C3CCC(N4CCOCC4)CC3)cnc21.O=S(=O)(c1ccccc1)n1cc(C2=CC(C(F)F)N=C2)c2cc(C3CCC(N4CCOCC4)CC3)cnc21.[H-].[K+].[K+]. The van der Waals surface area contributed by atoms with Crippen molar-refractivity contribution >= 4 is 72.0 Å². The summed E-state index contributed by atoms with van der Waals surface area (Å²) in [5.41, 5.74) is 5.63. The normalized spacial score (nSPS) is 20.8. The van der Waals surface area contributed by atoms with Crippen LogP contribution < -0.4 is 108 Å². The number of hydrogen-bond acceptors (Lipinski definition) is 15. The van der Waals surface area contributed by atoms with Crippen LogP contribution in [0.4, 0.5) is 17.6 Å². The summed E-state index contributed by atoms with van der Waals surface area (Å²) in [4.78, 5) is 30.0. The van der Waals surface area contributed by atoms with E-state index in [2.05, 4.69) is 52.5 Å². The van der Waals surface area contributed by atoms with E-state index >= 15 is 0 Å². The van der Waals surface area contributed by atoms with Crippen LogP contribution in [0.5, 0.6) is 0 Å². The van der Waals surface area contributed by atoms with Crippen LogP contribution in [0.15, 0.2) is 131 Å². The third-order valence-electron chi connectivity index (χ3n) is 15.5. The molecule has 450 valence electrons. The van der Waals surface area contributed by atoms with Gasteiger partial charge in [0.1, 0.15) is 6.04 Å². The number of carbonyl (C=O) groups excluding carboxylic acids is 1. The molecule has 1 unspecified atom stereocenters. The van der Waals surface area contributed by atoms with Gasteiger partial charge in [0.25, 0.3) is 32.9 Å². The average Bonchev–Trinajstić information content (AvgIpc) is 2.18. The Morgan fingerprint density at radius 1 is 0.671 bits per heavy atom. The van der Waals surface area contributed by atoms with Crippen molar-refractivity contribution in [3.63, 3.8) is 0 Å². The summed E-state index contributed by atoms with van der Waals surface area (Å²) in [6.45, 7) is 7.08. The molecule has 18 nitrogen and oxygen atoms in total. The van der Waals surface area contributed by atoms with Crippen LogP contribution >= 0.6 is 11.6 Å². The van der Waals surface area contributed by atoms with E-state index in [0.717, 1.165) is 117 Å². The minimum atomic E-state index is -3.94. The summed E-state index contributed by atoms with van der Waals surface area (Å²) in [6.07, 6.45) is 19.3. The van der Waals surface area contributed by atoms with Gasteiger partial charge >= 0.3 is 109 Å². The number of rotatable bonds is 12. The van der Waals surface area contributed by atoms with Crippen molar-refractivity contribution in [3.8, 4) is 11.1 Å². The fraction of sp³-hybridized carbons (Fsp3) is 0.431. The minimum absolute atomic E-state index is 0. The van der Waals surface area contributed by atoms with E-state index in [9.17, 15) is 34.4 Å². The molecule has 0 amide bonds. The summed E-state index contributed by atoms with van der Waals surface area (Å²) < 4.78 is 114. The molecular weight excluding hydrogens is 1220 g/mol. The van der Waals surface area contributed by atoms with E-state index in [0.29, 0.717) is 46.1 Å². The van der Waals surface area contributed by atoms with Gasteiger partial charge in [-0.2, -0.15) is 13.9 Å². The number of pyridine rings is 2. The zero-order valence-corrected chi connectivity index (χ0v) is 54.6. The van der Waals surface area contributed by atoms with Gasteiger partial charge in [-0.15, -0.1) is 0 Å². The summed E-state index contributed by atoms with van der Waals surface area (Å²) in [5.74, 6) is -1.96. The van der Waals surface area contributed by atoms with E-state index in [-0.39, 0.29) is 141 Å². The molecule has 2 aliphatic carbocycles. The van der Waals surface area contributed by atoms with Crippen LogP contribution in [0.2, 0.25) is 0 Å². The van der Waals surface area contributed by atoms with Gasteiger partial charge in [0.15, 0.2) is 11.3 Å². The topological polar surface area (TPSA) is 219 Å². The van der Waals surface area contributed by atoms with Gasteiger partial charge in [-0.3, -0.25) is 24.7 Å². The van der Waals surface area contributed by atoms with Crippen LogP contribution in [0.1, 0.15) is 96.2 Å². The third kappa shape index (κ3) is 17.9. The number of fused-ring (bicyclic) bond motifs is 2. The van der Waals surface area contributed by atoms with Crippen molar-refractivity contribution in [1.29, 1.82) is 0 Å². The molecule has 5 aromatic heterocycles. The van der Waals surface area contributed by atoms with E-state index in [1.165, 1.54) is 53.0 Å². The van der Waals surface area contributed by atoms with Crippen LogP contribution in [0.25, 0.3) is 38.8 Å². The van der Waals surface area contributed by atoms with Gasteiger partial charge in [0, 0.05) is 108 Å². The Hall–Kier alpha value is -3.11. The third-order valence-corrected chi connectivity index (χ3v) is 18.8. The molecule has 0 bridgehead atoms. The van der Waals surface area contributed by atoms with E-state index in [4.69, 9.17) is 24.5 Å². The predicted octanol–water partition coefficient (Wildman–Crippen LogP) is 4.03. The summed E-state index contributed by atoms with van der Waals surface area (Å²) in [5, 5.41) is 16.8. The van der Waals surface area contributed by atoms with E-state index in [1.807, 2.05) is 18.3 Å². The number of aliphatic imine (C=N–C) groups is 1. The number of halogens is 5. The molecule has 0 radical (unpaired) electrons. The number of aromatic nitrogens is 6. The Labute approximate surface area is 585 Å².